The second kappa shape index (κ2) is 8.39. The van der Waals surface area contributed by atoms with Gasteiger partial charge in [-0.3, -0.25) is 0 Å². The number of benzene rings is 2. The molecule has 2 aromatic heterocycles. The van der Waals surface area contributed by atoms with Gasteiger partial charge in [0, 0.05) is 23.2 Å². The molecule has 178 valence electrons. The zero-order valence-corrected chi connectivity index (χ0v) is 18.5. The molecule has 0 saturated heterocycles. The Morgan fingerprint density at radius 3 is 2.38 bits per heavy atom. The van der Waals surface area contributed by atoms with Gasteiger partial charge in [-0.25, -0.2) is 14.4 Å². The van der Waals surface area contributed by atoms with Crippen LogP contribution in [0.3, 0.4) is 0 Å². The van der Waals surface area contributed by atoms with E-state index in [1.165, 1.54) is 26.1 Å². The van der Waals surface area contributed by atoms with Crippen molar-refractivity contribution >= 4 is 11.0 Å². The van der Waals surface area contributed by atoms with Crippen LogP contribution in [0.1, 0.15) is 31.5 Å². The van der Waals surface area contributed by atoms with Gasteiger partial charge in [-0.2, -0.15) is 13.2 Å². The molecule has 1 atom stereocenters. The number of nitrogens with one attached hydrogen (secondary N) is 1. The summed E-state index contributed by atoms with van der Waals surface area (Å²) in [5.41, 5.74) is -2.86. The van der Waals surface area contributed by atoms with E-state index in [9.17, 15) is 27.8 Å². The summed E-state index contributed by atoms with van der Waals surface area (Å²) >= 11 is 0. The maximum atomic E-state index is 14.1. The van der Waals surface area contributed by atoms with E-state index >= 15 is 0 Å². The minimum absolute atomic E-state index is 0.0230. The van der Waals surface area contributed by atoms with Crippen molar-refractivity contribution in [2.75, 3.05) is 0 Å². The molecule has 0 spiro atoms. The van der Waals surface area contributed by atoms with Crippen LogP contribution in [0.4, 0.5) is 17.6 Å². The molecule has 0 aliphatic carbocycles. The number of nitrogens with zero attached hydrogens (tertiary/aromatic N) is 2. The van der Waals surface area contributed by atoms with Crippen LogP contribution in [0.15, 0.2) is 60.8 Å². The third kappa shape index (κ3) is 4.61. The van der Waals surface area contributed by atoms with Gasteiger partial charge >= 0.3 is 6.18 Å². The van der Waals surface area contributed by atoms with Gasteiger partial charge in [-0.05, 0) is 36.1 Å². The highest BCUT2D eigenvalue weighted by Crippen LogP contribution is 2.45. The van der Waals surface area contributed by atoms with Crippen LogP contribution in [0.2, 0.25) is 0 Å². The fourth-order valence-corrected chi connectivity index (χ4v) is 4.25. The van der Waals surface area contributed by atoms with Crippen molar-refractivity contribution in [1.82, 2.24) is 15.0 Å². The Labute approximate surface area is 193 Å². The summed E-state index contributed by atoms with van der Waals surface area (Å²) < 4.78 is 56.1. The Kier molecular flexibility index (Phi) is 5.85. The van der Waals surface area contributed by atoms with Crippen LogP contribution in [-0.2, 0) is 11.8 Å². The first-order chi connectivity index (χ1) is 15.9. The zero-order valence-electron chi connectivity index (χ0n) is 18.5. The molecule has 4 rings (SSSR count). The van der Waals surface area contributed by atoms with Gasteiger partial charge in [0.1, 0.15) is 11.6 Å². The number of alkyl halides is 3. The lowest BCUT2D eigenvalue weighted by Gasteiger charge is -2.38. The van der Waals surface area contributed by atoms with E-state index in [2.05, 4.69) is 15.0 Å². The lowest BCUT2D eigenvalue weighted by atomic mass is 9.73. The van der Waals surface area contributed by atoms with E-state index < -0.39 is 35.9 Å². The SMILES string of the molecule is CC(C)(CC(O)(Cc1cc2nc(-c3ccccc3)ncc2[nH]1)C(F)(F)F)c1cc(F)ccc1O. The number of aliphatic hydroxyl groups is 1. The highest BCUT2D eigenvalue weighted by molar-refractivity contribution is 5.77. The molecule has 0 radical (unpaired) electrons. The van der Waals surface area contributed by atoms with Crippen LogP contribution in [0.25, 0.3) is 22.4 Å². The number of H-pyrrole nitrogens is 1. The van der Waals surface area contributed by atoms with Crippen LogP contribution >= 0.6 is 0 Å². The number of rotatable bonds is 6. The smallest absolute Gasteiger partial charge is 0.417 e. The molecule has 0 amide bonds. The molecule has 0 aliphatic rings. The largest absolute Gasteiger partial charge is 0.508 e. The van der Waals surface area contributed by atoms with Crippen LogP contribution in [0.5, 0.6) is 5.75 Å². The van der Waals surface area contributed by atoms with Crippen molar-refractivity contribution < 1.29 is 27.8 Å². The Morgan fingerprint density at radius 1 is 1.00 bits per heavy atom. The van der Waals surface area contributed by atoms with Crippen molar-refractivity contribution in [3.63, 3.8) is 0 Å². The standard InChI is InChI=1S/C25H23F4N3O2/c1-23(2,18-10-16(26)8-9-21(18)33)14-24(34,25(27,28)29)12-17-11-19-20(31-17)13-30-22(32-19)15-6-4-3-5-7-15/h3-11,13,31,33-34H,12,14H2,1-2H3. The van der Waals surface area contributed by atoms with E-state index in [1.807, 2.05) is 30.3 Å². The van der Waals surface area contributed by atoms with Crippen molar-refractivity contribution in [1.29, 1.82) is 0 Å². The summed E-state index contributed by atoms with van der Waals surface area (Å²) in [7, 11) is 0. The van der Waals surface area contributed by atoms with Crippen molar-refractivity contribution in [2.24, 2.45) is 0 Å². The van der Waals surface area contributed by atoms with Gasteiger partial charge < -0.3 is 15.2 Å². The van der Waals surface area contributed by atoms with Gasteiger partial charge in [0.15, 0.2) is 11.4 Å². The van der Waals surface area contributed by atoms with Gasteiger partial charge in [0.2, 0.25) is 0 Å². The maximum absolute atomic E-state index is 14.1. The molecule has 0 bridgehead atoms. The summed E-state index contributed by atoms with van der Waals surface area (Å²) in [4.78, 5) is 11.5. The van der Waals surface area contributed by atoms with Gasteiger partial charge in [-0.1, -0.05) is 44.2 Å². The molecule has 5 nitrogen and oxygen atoms in total. The summed E-state index contributed by atoms with van der Waals surface area (Å²) in [5, 5.41) is 21.0. The fourth-order valence-electron chi connectivity index (χ4n) is 4.25. The van der Waals surface area contributed by atoms with Crippen molar-refractivity contribution in [2.45, 2.75) is 43.9 Å². The summed E-state index contributed by atoms with van der Waals surface area (Å²) in [6.45, 7) is 2.84. The number of aromatic amines is 1. The Balaban J connectivity index is 1.67. The molecular formula is C25H23F4N3O2. The molecule has 0 saturated carbocycles. The number of phenols is 1. The lowest BCUT2D eigenvalue weighted by molar-refractivity contribution is -0.266. The molecule has 2 heterocycles. The van der Waals surface area contributed by atoms with Crippen LogP contribution in [0, 0.1) is 5.82 Å². The predicted molar refractivity (Wildman–Crippen MR) is 120 cm³/mol. The zero-order chi connectivity index (χ0) is 24.7. The Hall–Kier alpha value is -3.46. The van der Waals surface area contributed by atoms with Crippen LogP contribution < -0.4 is 0 Å². The summed E-state index contributed by atoms with van der Waals surface area (Å²) in [6, 6.07) is 13.7. The molecule has 2 aromatic carbocycles. The van der Waals surface area contributed by atoms with Gasteiger partial charge in [0.25, 0.3) is 0 Å². The average Bonchev–Trinajstić information content (AvgIpc) is 3.15. The minimum Gasteiger partial charge on any atom is -0.508 e. The molecule has 1 unspecified atom stereocenters. The Morgan fingerprint density at radius 2 is 1.71 bits per heavy atom. The van der Waals surface area contributed by atoms with E-state index in [-0.39, 0.29) is 17.0 Å². The quantitative estimate of drug-likeness (QED) is 0.315. The number of fused-ring (bicyclic) bond motifs is 1. The molecule has 4 aromatic rings. The van der Waals surface area contributed by atoms with E-state index in [0.717, 1.165) is 23.8 Å². The first-order valence-electron chi connectivity index (χ1n) is 10.6. The summed E-state index contributed by atoms with van der Waals surface area (Å²) in [6.07, 6.45) is -5.11. The van der Waals surface area contributed by atoms with Gasteiger partial charge in [-0.15, -0.1) is 0 Å². The average molecular weight is 473 g/mol. The minimum atomic E-state index is -4.99. The lowest BCUT2D eigenvalue weighted by Crippen LogP contribution is -2.50. The molecule has 34 heavy (non-hydrogen) atoms. The normalized spacial score (nSPS) is 14.3. The first-order valence-corrected chi connectivity index (χ1v) is 10.6. The van der Waals surface area contributed by atoms with E-state index in [4.69, 9.17) is 0 Å². The first kappa shape index (κ1) is 23.7. The molecule has 3 N–H and O–H groups in total. The number of halogens is 4. The van der Waals surface area contributed by atoms with E-state index in [1.54, 1.807) is 0 Å². The highest BCUT2D eigenvalue weighted by Gasteiger charge is 2.56. The number of aromatic nitrogens is 3. The third-order valence-electron chi connectivity index (χ3n) is 5.89. The van der Waals surface area contributed by atoms with Gasteiger partial charge in [0.05, 0.1) is 17.2 Å². The number of phenolic OH excluding ortho intramolecular Hbond substituents is 1. The number of aromatic hydroxyl groups is 1. The fraction of sp³-hybridized carbons (Fsp3) is 0.280. The van der Waals surface area contributed by atoms with E-state index in [0.29, 0.717) is 16.9 Å². The topological polar surface area (TPSA) is 82.0 Å². The second-order valence-electron chi connectivity index (χ2n) is 9.08. The predicted octanol–water partition coefficient (Wildman–Crippen LogP) is 5.67. The number of hydrogen-bond donors (Lipinski definition) is 3. The number of hydrogen-bond acceptors (Lipinski definition) is 4. The summed E-state index contributed by atoms with van der Waals surface area (Å²) in [5.74, 6) is -0.613. The van der Waals surface area contributed by atoms with Crippen LogP contribution in [-0.4, -0.2) is 36.9 Å². The molecule has 9 heteroatoms. The maximum Gasteiger partial charge on any atom is 0.417 e. The van der Waals surface area contributed by atoms with Crippen molar-refractivity contribution in [3.8, 4) is 17.1 Å². The Bertz CT molecular complexity index is 1320. The molecular weight excluding hydrogens is 450 g/mol. The monoisotopic (exact) mass is 473 g/mol. The third-order valence-corrected chi connectivity index (χ3v) is 5.89. The second-order valence-corrected chi connectivity index (χ2v) is 9.08. The molecule has 0 aliphatic heterocycles. The highest BCUT2D eigenvalue weighted by atomic mass is 19.4. The molecule has 0 fully saturated rings. The van der Waals surface area contributed by atoms with Crippen molar-refractivity contribution in [3.05, 3.63) is 77.9 Å².